The number of carbonyl (C=O) groups is 2. The zero-order valence-corrected chi connectivity index (χ0v) is 15.0. The van der Waals surface area contributed by atoms with Gasteiger partial charge in [-0.3, -0.25) is 19.7 Å². The van der Waals surface area contributed by atoms with Gasteiger partial charge in [0.1, 0.15) is 0 Å². The number of piperidine rings is 1. The number of likely N-dealkylation sites (tertiary alicyclic amines) is 1. The van der Waals surface area contributed by atoms with Crippen LogP contribution in [0.25, 0.3) is 0 Å². The van der Waals surface area contributed by atoms with Gasteiger partial charge in [-0.15, -0.1) is 0 Å². The number of piperazine rings is 1. The number of rotatable bonds is 3. The fraction of sp³-hybridized carbons (Fsp3) is 0.556. The molecule has 1 aromatic carbocycles. The van der Waals surface area contributed by atoms with Crippen LogP contribution >= 0.6 is 0 Å². The number of hydrogen-bond acceptors (Lipinski definition) is 5. The van der Waals surface area contributed by atoms with Gasteiger partial charge in [0, 0.05) is 64.0 Å². The second kappa shape index (κ2) is 7.72. The molecule has 3 rings (SSSR count). The molecular formula is C18H24N4O4. The van der Waals surface area contributed by atoms with Gasteiger partial charge in [0.05, 0.1) is 10.8 Å². The predicted octanol–water partition coefficient (Wildman–Crippen LogP) is 1.50. The van der Waals surface area contributed by atoms with Crippen LogP contribution in [0.3, 0.4) is 0 Å². The quantitative estimate of drug-likeness (QED) is 0.602. The highest BCUT2D eigenvalue weighted by Gasteiger charge is 2.31. The largest absolute Gasteiger partial charge is 0.368 e. The van der Waals surface area contributed by atoms with E-state index in [2.05, 4.69) is 4.90 Å². The van der Waals surface area contributed by atoms with Crippen molar-refractivity contribution < 1.29 is 14.5 Å². The van der Waals surface area contributed by atoms with Crippen molar-refractivity contribution in [3.8, 4) is 0 Å². The van der Waals surface area contributed by atoms with Crippen LogP contribution in [0.15, 0.2) is 24.3 Å². The molecule has 2 amide bonds. The molecule has 0 saturated carbocycles. The van der Waals surface area contributed by atoms with Crippen LogP contribution in [-0.2, 0) is 9.59 Å². The van der Waals surface area contributed by atoms with Crippen molar-refractivity contribution >= 4 is 23.2 Å². The summed E-state index contributed by atoms with van der Waals surface area (Å²) in [5.74, 6) is 0.0726. The molecule has 2 heterocycles. The Bertz CT molecular complexity index is 683. The number of nitro benzene ring substituents is 1. The summed E-state index contributed by atoms with van der Waals surface area (Å²) in [7, 11) is 0. The fourth-order valence-corrected chi connectivity index (χ4v) is 3.69. The van der Waals surface area contributed by atoms with Gasteiger partial charge in [0.15, 0.2) is 0 Å². The minimum absolute atomic E-state index is 0.0329. The number of benzene rings is 1. The second-order valence-electron chi connectivity index (χ2n) is 6.89. The summed E-state index contributed by atoms with van der Waals surface area (Å²) in [6.07, 6.45) is 1.71. The molecule has 2 aliphatic rings. The molecular weight excluding hydrogens is 336 g/mol. The first-order valence-electron chi connectivity index (χ1n) is 8.99. The lowest BCUT2D eigenvalue weighted by Crippen LogP contribution is -2.53. The number of nitrogens with zero attached hydrogens (tertiary/aromatic N) is 4. The van der Waals surface area contributed by atoms with E-state index in [0.717, 1.165) is 25.1 Å². The molecule has 26 heavy (non-hydrogen) atoms. The molecule has 140 valence electrons. The third-order valence-corrected chi connectivity index (χ3v) is 5.23. The molecule has 1 aromatic rings. The minimum Gasteiger partial charge on any atom is -0.368 e. The summed E-state index contributed by atoms with van der Waals surface area (Å²) in [4.78, 5) is 40.5. The Morgan fingerprint density at radius 2 is 1.69 bits per heavy atom. The van der Waals surface area contributed by atoms with E-state index < -0.39 is 4.92 Å². The maximum Gasteiger partial charge on any atom is 0.269 e. The molecule has 2 fully saturated rings. The Morgan fingerprint density at radius 3 is 2.27 bits per heavy atom. The van der Waals surface area contributed by atoms with Crippen molar-refractivity contribution in [2.75, 3.05) is 44.2 Å². The lowest BCUT2D eigenvalue weighted by molar-refractivity contribution is -0.384. The Kier molecular flexibility index (Phi) is 5.39. The highest BCUT2D eigenvalue weighted by molar-refractivity contribution is 5.81. The summed E-state index contributed by atoms with van der Waals surface area (Å²) >= 11 is 0. The molecule has 0 bridgehead atoms. The molecule has 0 aliphatic carbocycles. The van der Waals surface area contributed by atoms with Crippen molar-refractivity contribution in [2.45, 2.75) is 19.8 Å². The van der Waals surface area contributed by atoms with Gasteiger partial charge in [-0.25, -0.2) is 0 Å². The zero-order chi connectivity index (χ0) is 18.7. The molecule has 0 aromatic heterocycles. The van der Waals surface area contributed by atoms with Crippen LogP contribution in [-0.4, -0.2) is 65.8 Å². The number of carbonyl (C=O) groups excluding carboxylic acids is 2. The number of non-ortho nitro benzene ring substituents is 1. The Hall–Kier alpha value is -2.64. The maximum atomic E-state index is 12.8. The van der Waals surface area contributed by atoms with Crippen molar-refractivity contribution in [1.29, 1.82) is 0 Å². The van der Waals surface area contributed by atoms with Crippen molar-refractivity contribution in [3.63, 3.8) is 0 Å². The zero-order valence-electron chi connectivity index (χ0n) is 15.0. The molecule has 8 nitrogen and oxygen atoms in total. The lowest BCUT2D eigenvalue weighted by atomic mass is 9.96. The highest BCUT2D eigenvalue weighted by Crippen LogP contribution is 2.23. The van der Waals surface area contributed by atoms with E-state index in [1.807, 2.05) is 4.90 Å². The topological polar surface area (TPSA) is 87.0 Å². The van der Waals surface area contributed by atoms with Crippen molar-refractivity contribution in [1.82, 2.24) is 9.80 Å². The molecule has 0 unspecified atom stereocenters. The minimum atomic E-state index is -0.408. The van der Waals surface area contributed by atoms with Crippen LogP contribution in [0.1, 0.15) is 19.8 Å². The van der Waals surface area contributed by atoms with Gasteiger partial charge in [-0.2, -0.15) is 0 Å². The predicted molar refractivity (Wildman–Crippen MR) is 96.9 cm³/mol. The van der Waals surface area contributed by atoms with E-state index in [0.29, 0.717) is 32.7 Å². The monoisotopic (exact) mass is 360 g/mol. The summed E-state index contributed by atoms with van der Waals surface area (Å²) in [6.45, 7) is 5.48. The highest BCUT2D eigenvalue weighted by atomic mass is 16.6. The van der Waals surface area contributed by atoms with Gasteiger partial charge < -0.3 is 14.7 Å². The smallest absolute Gasteiger partial charge is 0.269 e. The van der Waals surface area contributed by atoms with Crippen LogP contribution < -0.4 is 4.90 Å². The van der Waals surface area contributed by atoms with Gasteiger partial charge in [-0.05, 0) is 25.0 Å². The van der Waals surface area contributed by atoms with Gasteiger partial charge in [-0.1, -0.05) is 0 Å². The van der Waals surface area contributed by atoms with Crippen LogP contribution in [0, 0.1) is 16.0 Å². The molecule has 0 radical (unpaired) electrons. The van der Waals surface area contributed by atoms with Crippen LogP contribution in [0.5, 0.6) is 0 Å². The number of anilines is 1. The Labute approximate surface area is 152 Å². The summed E-state index contributed by atoms with van der Waals surface area (Å²) in [6, 6.07) is 6.51. The molecule has 2 aliphatic heterocycles. The first-order chi connectivity index (χ1) is 12.5. The molecule has 0 spiro atoms. The van der Waals surface area contributed by atoms with E-state index in [1.54, 1.807) is 24.0 Å². The van der Waals surface area contributed by atoms with Crippen LogP contribution in [0.4, 0.5) is 11.4 Å². The fourth-order valence-electron chi connectivity index (χ4n) is 3.69. The van der Waals surface area contributed by atoms with E-state index in [1.165, 1.54) is 12.1 Å². The third-order valence-electron chi connectivity index (χ3n) is 5.23. The normalized spacial score (nSPS) is 20.8. The molecule has 2 saturated heterocycles. The maximum absolute atomic E-state index is 12.8. The summed E-state index contributed by atoms with van der Waals surface area (Å²) < 4.78 is 0. The van der Waals surface area contributed by atoms with Gasteiger partial charge in [0.25, 0.3) is 5.69 Å². The van der Waals surface area contributed by atoms with E-state index in [-0.39, 0.29) is 23.4 Å². The van der Waals surface area contributed by atoms with E-state index >= 15 is 0 Å². The van der Waals surface area contributed by atoms with Gasteiger partial charge >= 0.3 is 0 Å². The van der Waals surface area contributed by atoms with E-state index in [9.17, 15) is 19.7 Å². The standard InChI is InChI=1S/C18H24N4O4/c1-14(23)21-8-2-3-15(13-21)18(24)20-11-9-19(10-12-20)16-4-6-17(7-5-16)22(25)26/h4-7,15H,2-3,8-13H2,1H3/t15-/m1/s1. The third kappa shape index (κ3) is 3.95. The molecule has 8 heteroatoms. The van der Waals surface area contributed by atoms with Crippen molar-refractivity contribution in [2.24, 2.45) is 5.92 Å². The summed E-state index contributed by atoms with van der Waals surface area (Å²) in [5.41, 5.74) is 1.01. The summed E-state index contributed by atoms with van der Waals surface area (Å²) in [5, 5.41) is 10.7. The first-order valence-corrected chi connectivity index (χ1v) is 8.99. The SMILES string of the molecule is CC(=O)N1CCC[C@@H](C(=O)N2CCN(c3ccc([N+](=O)[O-])cc3)CC2)C1. The molecule has 1 atom stereocenters. The van der Waals surface area contributed by atoms with Crippen LogP contribution in [0.2, 0.25) is 0 Å². The second-order valence-corrected chi connectivity index (χ2v) is 6.89. The number of hydrogen-bond donors (Lipinski definition) is 0. The first kappa shape index (κ1) is 18.2. The number of amides is 2. The Morgan fingerprint density at radius 1 is 1.04 bits per heavy atom. The number of nitro groups is 1. The lowest BCUT2D eigenvalue weighted by Gasteiger charge is -2.39. The van der Waals surface area contributed by atoms with E-state index in [4.69, 9.17) is 0 Å². The Balaban J connectivity index is 1.55. The van der Waals surface area contributed by atoms with Gasteiger partial charge in [0.2, 0.25) is 11.8 Å². The molecule has 0 N–H and O–H groups in total. The average Bonchev–Trinajstić information content (AvgIpc) is 2.67. The van der Waals surface area contributed by atoms with Crippen molar-refractivity contribution in [3.05, 3.63) is 34.4 Å². The average molecular weight is 360 g/mol.